The number of fused-ring (bicyclic) bond motifs is 8. The van der Waals surface area contributed by atoms with E-state index in [0.29, 0.717) is 18.5 Å². The molecule has 4 amide bonds. The summed E-state index contributed by atoms with van der Waals surface area (Å²) in [6, 6.07) is 26.6. The highest BCUT2D eigenvalue weighted by molar-refractivity contribution is 5.95. The number of phenolic OH excluding ortho intramolecular Hbond substituents is 1. The number of primary amides is 1. The van der Waals surface area contributed by atoms with E-state index >= 15 is 0 Å². The zero-order chi connectivity index (χ0) is 37.6. The fraction of sp³-hybridized carbons (Fsp3) is 0.209. The minimum Gasteiger partial charge on any atom is -0.508 e. The number of amides is 4. The van der Waals surface area contributed by atoms with Crippen molar-refractivity contribution in [3.63, 3.8) is 0 Å². The van der Waals surface area contributed by atoms with Crippen molar-refractivity contribution in [2.24, 2.45) is 5.73 Å². The average molecular weight is 723 g/mol. The lowest BCUT2D eigenvalue weighted by atomic mass is 10.00. The Morgan fingerprint density at radius 1 is 0.907 bits per heavy atom. The van der Waals surface area contributed by atoms with Crippen LogP contribution in [0.25, 0.3) is 27.9 Å². The van der Waals surface area contributed by atoms with E-state index in [1.165, 1.54) is 12.1 Å². The molecule has 4 aromatic carbocycles. The summed E-state index contributed by atoms with van der Waals surface area (Å²) in [5, 5.41) is 20.3. The third kappa shape index (κ3) is 8.36. The molecule has 274 valence electrons. The SMILES string of the molecule is NC(=O)[C@H](Cc1ccc(O)cc1)NC(=O)C1Cc2cn(c3ccccc23)C/C=C/c2cccc(c2)CCC(=O)N[C@@H](Cc2c[nH]c3ccccc23)C(=O)N1. The summed E-state index contributed by atoms with van der Waals surface area (Å²) in [7, 11) is 0. The number of phenols is 1. The first-order valence-corrected chi connectivity index (χ1v) is 18.0. The fourth-order valence-corrected chi connectivity index (χ4v) is 7.11. The lowest BCUT2D eigenvalue weighted by Crippen LogP contribution is -2.57. The number of nitrogens with zero attached hydrogens (tertiary/aromatic N) is 1. The molecule has 0 radical (unpaired) electrons. The van der Waals surface area contributed by atoms with Crippen LogP contribution in [0.3, 0.4) is 0 Å². The fourth-order valence-electron chi connectivity index (χ4n) is 7.11. The molecular weight excluding hydrogens is 681 g/mol. The number of carbonyl (C=O) groups excluding carboxylic acids is 4. The maximum absolute atomic E-state index is 14.4. The molecule has 11 nitrogen and oxygen atoms in total. The lowest BCUT2D eigenvalue weighted by Gasteiger charge is -2.25. The van der Waals surface area contributed by atoms with Gasteiger partial charge in [-0.1, -0.05) is 84.9 Å². The molecule has 7 rings (SSSR count). The Bertz CT molecular complexity index is 2360. The number of aromatic nitrogens is 2. The van der Waals surface area contributed by atoms with Crippen molar-refractivity contribution < 1.29 is 24.3 Å². The second-order valence-corrected chi connectivity index (χ2v) is 13.8. The molecule has 1 aliphatic heterocycles. The molecule has 0 spiro atoms. The van der Waals surface area contributed by atoms with Gasteiger partial charge in [0.15, 0.2) is 0 Å². The van der Waals surface area contributed by atoms with E-state index in [2.05, 4.69) is 37.6 Å². The number of aromatic hydroxyl groups is 1. The normalized spacial score (nSPS) is 17.9. The number of rotatable bonds is 7. The maximum Gasteiger partial charge on any atom is 0.243 e. The zero-order valence-electron chi connectivity index (χ0n) is 29.6. The van der Waals surface area contributed by atoms with Crippen LogP contribution in [-0.4, -0.2) is 56.4 Å². The highest BCUT2D eigenvalue weighted by Gasteiger charge is 2.31. The van der Waals surface area contributed by atoms with Gasteiger partial charge in [-0.05, 0) is 58.5 Å². The van der Waals surface area contributed by atoms with Gasteiger partial charge in [0.05, 0.1) is 0 Å². The summed E-state index contributed by atoms with van der Waals surface area (Å²) < 4.78 is 2.10. The number of H-pyrrole nitrogens is 1. The molecule has 0 aliphatic carbocycles. The number of benzene rings is 4. The van der Waals surface area contributed by atoms with Crippen molar-refractivity contribution >= 4 is 51.5 Å². The highest BCUT2D eigenvalue weighted by Crippen LogP contribution is 2.24. The van der Waals surface area contributed by atoms with Gasteiger partial charge in [0.25, 0.3) is 0 Å². The number of carbonyl (C=O) groups is 4. The summed E-state index contributed by atoms with van der Waals surface area (Å²) in [5.74, 6) is -2.13. The third-order valence-corrected chi connectivity index (χ3v) is 9.92. The lowest BCUT2D eigenvalue weighted by molar-refractivity contribution is -0.133. The predicted molar refractivity (Wildman–Crippen MR) is 208 cm³/mol. The molecule has 6 aromatic rings. The van der Waals surface area contributed by atoms with Crippen LogP contribution in [0.1, 0.15) is 34.2 Å². The van der Waals surface area contributed by atoms with Crippen LogP contribution >= 0.6 is 0 Å². The minimum absolute atomic E-state index is 0.0659. The molecule has 0 fully saturated rings. The van der Waals surface area contributed by atoms with Crippen molar-refractivity contribution in [1.82, 2.24) is 25.5 Å². The van der Waals surface area contributed by atoms with E-state index in [-0.39, 0.29) is 37.3 Å². The standard InChI is InChI=1S/C43H42N6O5/c44-41(52)36(22-29-14-17-32(50)18-15-29)47-43(54)38-24-31-26-49(39-13-4-2-11-34(31)39)20-6-9-27-7-5-8-28(21-27)16-19-40(51)46-37(42(53)48-38)23-30-25-45-35-12-3-1-10-33(30)35/h1-15,17-18,21,25-26,36-38,45,50H,16,19-20,22-24H2,(H2,44,52)(H,46,51)(H,47,54)(H,48,53)/b9-6+/t36-,37-,38?/m0/s1. The van der Waals surface area contributed by atoms with Gasteiger partial charge in [-0.25, -0.2) is 0 Å². The van der Waals surface area contributed by atoms with E-state index in [1.807, 2.05) is 85.2 Å². The molecule has 1 aliphatic rings. The molecule has 0 saturated carbocycles. The van der Waals surface area contributed by atoms with Crippen LogP contribution < -0.4 is 21.7 Å². The smallest absolute Gasteiger partial charge is 0.243 e. The number of hydrogen-bond donors (Lipinski definition) is 6. The Morgan fingerprint density at radius 2 is 1.69 bits per heavy atom. The molecule has 2 aromatic heterocycles. The molecular formula is C43H42N6O5. The number of aryl methyl sites for hydroxylation is 1. The van der Waals surface area contributed by atoms with E-state index in [0.717, 1.165) is 44.1 Å². The number of nitrogens with two attached hydrogens (primary N) is 1. The van der Waals surface area contributed by atoms with Gasteiger partial charge < -0.3 is 36.3 Å². The average Bonchev–Trinajstić information content (AvgIpc) is 3.74. The van der Waals surface area contributed by atoms with Crippen molar-refractivity contribution in [3.05, 3.63) is 143 Å². The van der Waals surface area contributed by atoms with E-state index in [9.17, 15) is 24.3 Å². The molecule has 3 atom stereocenters. The van der Waals surface area contributed by atoms with Crippen LogP contribution in [0.2, 0.25) is 0 Å². The van der Waals surface area contributed by atoms with Crippen molar-refractivity contribution in [3.8, 4) is 5.75 Å². The van der Waals surface area contributed by atoms with Crippen molar-refractivity contribution in [2.75, 3.05) is 0 Å². The van der Waals surface area contributed by atoms with Crippen molar-refractivity contribution in [1.29, 1.82) is 0 Å². The van der Waals surface area contributed by atoms with Gasteiger partial charge >= 0.3 is 0 Å². The highest BCUT2D eigenvalue weighted by atomic mass is 16.3. The van der Waals surface area contributed by atoms with Crippen LogP contribution in [0, 0.1) is 0 Å². The topological polar surface area (TPSA) is 171 Å². The Hall–Kier alpha value is -6.62. The molecule has 0 saturated heterocycles. The second-order valence-electron chi connectivity index (χ2n) is 13.8. The van der Waals surface area contributed by atoms with E-state index in [4.69, 9.17) is 5.73 Å². The minimum atomic E-state index is -1.14. The quantitative estimate of drug-likeness (QED) is 0.143. The monoisotopic (exact) mass is 722 g/mol. The zero-order valence-corrected chi connectivity index (χ0v) is 29.6. The van der Waals surface area contributed by atoms with Gasteiger partial charge in [-0.2, -0.15) is 0 Å². The largest absolute Gasteiger partial charge is 0.508 e. The first-order valence-electron chi connectivity index (χ1n) is 18.0. The molecule has 54 heavy (non-hydrogen) atoms. The third-order valence-electron chi connectivity index (χ3n) is 9.92. The second kappa shape index (κ2) is 16.0. The van der Waals surface area contributed by atoms with Gasteiger partial charge in [0.1, 0.15) is 23.9 Å². The van der Waals surface area contributed by atoms with Crippen LogP contribution in [0.5, 0.6) is 5.75 Å². The summed E-state index contributed by atoms with van der Waals surface area (Å²) in [5.41, 5.74) is 12.0. The maximum atomic E-state index is 14.4. The van der Waals surface area contributed by atoms with Gasteiger partial charge in [-0.15, -0.1) is 0 Å². The number of para-hydroxylation sites is 2. The summed E-state index contributed by atoms with van der Waals surface area (Å²) in [6.07, 6.45) is 8.89. The first kappa shape index (κ1) is 35.8. The summed E-state index contributed by atoms with van der Waals surface area (Å²) in [6.45, 7) is 0.555. The van der Waals surface area contributed by atoms with Gasteiger partial charge in [-0.3, -0.25) is 19.2 Å². The Morgan fingerprint density at radius 3 is 2.50 bits per heavy atom. The molecule has 11 heteroatoms. The number of hydrogen-bond acceptors (Lipinski definition) is 5. The van der Waals surface area contributed by atoms with Crippen LogP contribution in [-0.2, 0) is 51.4 Å². The van der Waals surface area contributed by atoms with Crippen LogP contribution in [0.15, 0.2) is 116 Å². The van der Waals surface area contributed by atoms with Crippen molar-refractivity contribution in [2.45, 2.75) is 56.8 Å². The number of nitrogens with one attached hydrogen (secondary N) is 4. The summed E-state index contributed by atoms with van der Waals surface area (Å²) >= 11 is 0. The summed E-state index contributed by atoms with van der Waals surface area (Å²) in [4.78, 5) is 58.1. The molecule has 1 unspecified atom stereocenters. The predicted octanol–water partition coefficient (Wildman–Crippen LogP) is 4.46. The van der Waals surface area contributed by atoms with E-state index in [1.54, 1.807) is 12.1 Å². The molecule has 3 heterocycles. The first-order chi connectivity index (χ1) is 26.2. The number of aromatic amines is 1. The molecule has 4 bridgehead atoms. The number of allylic oxidation sites excluding steroid dienone is 1. The van der Waals surface area contributed by atoms with E-state index < -0.39 is 35.8 Å². The van der Waals surface area contributed by atoms with Crippen LogP contribution in [0.4, 0.5) is 0 Å². The van der Waals surface area contributed by atoms with Gasteiger partial charge in [0.2, 0.25) is 23.6 Å². The Balaban J connectivity index is 1.25. The van der Waals surface area contributed by atoms with Gasteiger partial charge in [0, 0.05) is 66.4 Å². The Labute approximate surface area is 312 Å². The Kier molecular flexibility index (Phi) is 10.6. The molecule has 7 N–H and O–H groups in total.